The van der Waals surface area contributed by atoms with Gasteiger partial charge in [0, 0.05) is 27.2 Å². The van der Waals surface area contributed by atoms with Crippen molar-refractivity contribution in [3.05, 3.63) is 46.5 Å². The van der Waals surface area contributed by atoms with Crippen molar-refractivity contribution in [1.29, 1.82) is 0 Å². The number of guanidine groups is 2. The van der Waals surface area contributed by atoms with Gasteiger partial charge in [-0.05, 0) is 24.3 Å². The minimum Gasteiger partial charge on any atom is -0.507 e. The van der Waals surface area contributed by atoms with Gasteiger partial charge >= 0.3 is 0 Å². The molecule has 0 bridgehead atoms. The number of phenolic OH excluding ortho intramolecular Hbond substituents is 2. The molecule has 2 aromatic carbocycles. The van der Waals surface area contributed by atoms with Crippen molar-refractivity contribution in [2.75, 3.05) is 51.1 Å². The van der Waals surface area contributed by atoms with E-state index >= 15 is 0 Å². The molecule has 2 aromatic rings. The van der Waals surface area contributed by atoms with Crippen molar-refractivity contribution in [3.8, 4) is 11.5 Å². The van der Waals surface area contributed by atoms with Crippen LogP contribution in [-0.2, 0) is 0 Å². The van der Waals surface area contributed by atoms with Crippen LogP contribution in [-0.4, -0.2) is 84.0 Å². The largest absolute Gasteiger partial charge is 0.507 e. The molecule has 0 saturated carbocycles. The standard InChI is InChI=1S/C22H24N8O4/c1-29(21-23-7-8-24-21)27-11-3-4-12(28-30(2)22-25-9-10-26-22)16-15(11)19(33)17-13(31)5-6-14(32)18(17)20(16)34/h3-6,27-28,31-32H,7-10H2,1-2H3,(H,23,24)(H,25,26). The maximum absolute atomic E-state index is 13.6. The molecule has 12 nitrogen and oxygen atoms in total. The summed E-state index contributed by atoms with van der Waals surface area (Å²) in [5.41, 5.74) is 6.61. The number of nitrogens with zero attached hydrogens (tertiary/aromatic N) is 4. The lowest BCUT2D eigenvalue weighted by atomic mass is 9.81. The molecule has 0 atom stereocenters. The molecule has 5 rings (SSSR count). The second kappa shape index (κ2) is 8.14. The predicted octanol–water partition coefficient (Wildman–Crippen LogP) is 0.309. The Hall–Kier alpha value is -4.48. The molecule has 34 heavy (non-hydrogen) atoms. The monoisotopic (exact) mass is 464 g/mol. The molecule has 0 amide bonds. The number of hydrogen-bond donors (Lipinski definition) is 6. The third-order valence-electron chi connectivity index (χ3n) is 5.80. The average Bonchev–Trinajstić information content (AvgIpc) is 3.54. The molecule has 0 fully saturated rings. The van der Waals surface area contributed by atoms with Crippen molar-refractivity contribution in [1.82, 2.24) is 20.7 Å². The molecule has 2 heterocycles. The van der Waals surface area contributed by atoms with Crippen molar-refractivity contribution in [2.45, 2.75) is 0 Å². The number of fused-ring (bicyclic) bond motifs is 2. The topological polar surface area (TPSA) is 154 Å². The van der Waals surface area contributed by atoms with Crippen LogP contribution in [0.15, 0.2) is 34.3 Å². The van der Waals surface area contributed by atoms with Crippen LogP contribution >= 0.6 is 0 Å². The van der Waals surface area contributed by atoms with Gasteiger partial charge in [0.05, 0.1) is 46.7 Å². The van der Waals surface area contributed by atoms with Crippen LogP contribution < -0.4 is 21.5 Å². The van der Waals surface area contributed by atoms with Crippen molar-refractivity contribution >= 4 is 34.9 Å². The van der Waals surface area contributed by atoms with E-state index in [1.807, 2.05) is 0 Å². The summed E-state index contributed by atoms with van der Waals surface area (Å²) in [4.78, 5) is 36.0. The molecule has 176 valence electrons. The highest BCUT2D eigenvalue weighted by molar-refractivity contribution is 6.33. The summed E-state index contributed by atoms with van der Waals surface area (Å²) >= 11 is 0. The van der Waals surface area contributed by atoms with Crippen LogP contribution in [0.4, 0.5) is 11.4 Å². The van der Waals surface area contributed by atoms with Crippen LogP contribution in [0, 0.1) is 0 Å². The van der Waals surface area contributed by atoms with E-state index in [1.165, 1.54) is 12.1 Å². The van der Waals surface area contributed by atoms with Gasteiger partial charge in [0.25, 0.3) is 0 Å². The smallest absolute Gasteiger partial charge is 0.212 e. The number of nitrogens with one attached hydrogen (secondary N) is 4. The SMILES string of the molecule is CN(Nc1ccc(NN(C)C2=NCCN2)c2c1C(=O)c1c(O)ccc(O)c1C2=O)C1=NCCN1. The number of carbonyl (C=O) groups excluding carboxylic acids is 2. The van der Waals surface area contributed by atoms with Gasteiger partial charge in [0.1, 0.15) is 11.5 Å². The van der Waals surface area contributed by atoms with Crippen LogP contribution in [0.3, 0.4) is 0 Å². The highest BCUT2D eigenvalue weighted by atomic mass is 16.3. The molecule has 0 saturated heterocycles. The molecule has 0 spiro atoms. The summed E-state index contributed by atoms with van der Waals surface area (Å²) in [6.45, 7) is 2.66. The summed E-state index contributed by atoms with van der Waals surface area (Å²) in [6.07, 6.45) is 0. The van der Waals surface area contributed by atoms with Gasteiger partial charge in [-0.1, -0.05) is 0 Å². The third kappa shape index (κ3) is 3.39. The minimum absolute atomic E-state index is 0.0727. The van der Waals surface area contributed by atoms with E-state index < -0.39 is 11.6 Å². The number of aromatic hydroxyl groups is 2. The van der Waals surface area contributed by atoms with E-state index in [1.54, 1.807) is 36.2 Å². The molecule has 0 unspecified atom stereocenters. The first-order valence-electron chi connectivity index (χ1n) is 10.8. The highest BCUT2D eigenvalue weighted by Crippen LogP contribution is 2.42. The fraction of sp³-hybridized carbons (Fsp3) is 0.273. The zero-order valence-corrected chi connectivity index (χ0v) is 18.6. The fourth-order valence-corrected chi connectivity index (χ4v) is 4.24. The molecule has 3 aliphatic rings. The zero-order chi connectivity index (χ0) is 24.0. The Morgan fingerprint density at radius 2 is 1.15 bits per heavy atom. The summed E-state index contributed by atoms with van der Waals surface area (Å²) < 4.78 is 0. The summed E-state index contributed by atoms with van der Waals surface area (Å²) in [5, 5.41) is 30.3. The molecule has 12 heteroatoms. The minimum atomic E-state index is -0.585. The predicted molar refractivity (Wildman–Crippen MR) is 126 cm³/mol. The summed E-state index contributed by atoms with van der Waals surface area (Å²) in [7, 11) is 3.47. The maximum atomic E-state index is 13.6. The van der Waals surface area contributed by atoms with Gasteiger partial charge in [0.15, 0.2) is 0 Å². The zero-order valence-electron chi connectivity index (χ0n) is 18.6. The first-order chi connectivity index (χ1) is 16.4. The molecule has 1 aliphatic carbocycles. The van der Waals surface area contributed by atoms with E-state index in [-0.39, 0.29) is 33.8 Å². The van der Waals surface area contributed by atoms with Crippen LogP contribution in [0.5, 0.6) is 11.5 Å². The van der Waals surface area contributed by atoms with Gasteiger partial charge in [0.2, 0.25) is 23.5 Å². The van der Waals surface area contributed by atoms with Gasteiger partial charge < -0.3 is 20.8 Å². The van der Waals surface area contributed by atoms with Crippen LogP contribution in [0.1, 0.15) is 31.8 Å². The number of carbonyl (C=O) groups is 2. The highest BCUT2D eigenvalue weighted by Gasteiger charge is 2.38. The summed E-state index contributed by atoms with van der Waals surface area (Å²) in [5.74, 6) is -0.737. The lowest BCUT2D eigenvalue weighted by Crippen LogP contribution is -2.41. The van der Waals surface area contributed by atoms with Crippen LogP contribution in [0.2, 0.25) is 0 Å². The third-order valence-corrected chi connectivity index (χ3v) is 5.80. The van der Waals surface area contributed by atoms with Crippen LogP contribution in [0.25, 0.3) is 0 Å². The summed E-state index contributed by atoms with van der Waals surface area (Å²) in [6, 6.07) is 5.73. The van der Waals surface area contributed by atoms with E-state index in [4.69, 9.17) is 0 Å². The van der Waals surface area contributed by atoms with Gasteiger partial charge in [-0.2, -0.15) is 0 Å². The first-order valence-corrected chi connectivity index (χ1v) is 10.8. The second-order valence-electron chi connectivity index (χ2n) is 8.03. The van der Waals surface area contributed by atoms with E-state index in [0.717, 1.165) is 0 Å². The van der Waals surface area contributed by atoms with E-state index in [0.29, 0.717) is 49.5 Å². The molecular formula is C22H24N8O4. The van der Waals surface area contributed by atoms with Crippen molar-refractivity contribution < 1.29 is 19.8 Å². The molecular weight excluding hydrogens is 440 g/mol. The number of aliphatic imine (C=N–C) groups is 2. The maximum Gasteiger partial charge on any atom is 0.212 e. The Bertz CT molecular complexity index is 1180. The Morgan fingerprint density at radius 1 is 0.735 bits per heavy atom. The van der Waals surface area contributed by atoms with Gasteiger partial charge in [-0.3, -0.25) is 30.5 Å². The normalized spacial score (nSPS) is 16.1. The van der Waals surface area contributed by atoms with E-state index in [2.05, 4.69) is 31.5 Å². The van der Waals surface area contributed by atoms with E-state index in [9.17, 15) is 19.8 Å². The quantitative estimate of drug-likeness (QED) is 0.235. The Balaban J connectivity index is 1.63. The second-order valence-corrected chi connectivity index (χ2v) is 8.03. The van der Waals surface area contributed by atoms with Gasteiger partial charge in [-0.15, -0.1) is 0 Å². The first kappa shape index (κ1) is 21.4. The number of anilines is 2. The lowest BCUT2D eigenvalue weighted by Gasteiger charge is -2.29. The molecule has 6 N–H and O–H groups in total. The Kier molecular flexibility index (Phi) is 5.11. The van der Waals surface area contributed by atoms with Gasteiger partial charge in [-0.25, -0.2) is 9.98 Å². The molecule has 2 aliphatic heterocycles. The average molecular weight is 464 g/mol. The fourth-order valence-electron chi connectivity index (χ4n) is 4.24. The molecule has 0 radical (unpaired) electrons. The van der Waals surface area contributed by atoms with Crippen molar-refractivity contribution in [2.24, 2.45) is 9.98 Å². The number of benzene rings is 2. The Labute approximate surface area is 194 Å². The number of phenols is 2. The number of hydrogen-bond acceptors (Lipinski definition) is 12. The number of rotatable bonds is 4. The number of ketones is 2. The number of hydrazine groups is 2. The Morgan fingerprint density at radius 3 is 1.50 bits per heavy atom. The van der Waals surface area contributed by atoms with Crippen molar-refractivity contribution in [3.63, 3.8) is 0 Å². The lowest BCUT2D eigenvalue weighted by molar-refractivity contribution is 0.0975. The molecule has 0 aromatic heterocycles.